The molecule has 0 aliphatic carbocycles. The van der Waals surface area contributed by atoms with Gasteiger partial charge in [0.1, 0.15) is 6.04 Å². The highest BCUT2D eigenvalue weighted by molar-refractivity contribution is 6.35. The fourth-order valence-electron chi connectivity index (χ4n) is 2.87. The van der Waals surface area contributed by atoms with E-state index in [1.165, 1.54) is 17.1 Å². The molecule has 2 N–H and O–H groups in total. The fraction of sp³-hybridized carbons (Fsp3) is 0.263. The zero-order valence-electron chi connectivity index (χ0n) is 16.0. The first-order chi connectivity index (χ1) is 13.7. The highest BCUT2D eigenvalue weighted by atomic mass is 35.5. The first-order valence-corrected chi connectivity index (χ1v) is 9.49. The molecule has 1 aromatic carbocycles. The number of rotatable bonds is 6. The largest absolute Gasteiger partial charge is 0.478 e. The number of halogens is 2. The molecule has 0 saturated carbocycles. The van der Waals surface area contributed by atoms with Crippen LogP contribution in [0.5, 0.6) is 0 Å². The van der Waals surface area contributed by atoms with Crippen LogP contribution in [-0.4, -0.2) is 36.5 Å². The molecule has 8 nitrogen and oxygen atoms in total. The highest BCUT2D eigenvalue weighted by Crippen LogP contribution is 2.27. The van der Waals surface area contributed by atoms with Crippen LogP contribution in [0.4, 0.5) is 5.69 Å². The Balaban J connectivity index is 1.81. The summed E-state index contributed by atoms with van der Waals surface area (Å²) < 4.78 is 3.02. The Morgan fingerprint density at radius 3 is 2.48 bits per heavy atom. The highest BCUT2D eigenvalue weighted by Gasteiger charge is 2.21. The number of amides is 1. The maximum atomic E-state index is 12.7. The zero-order chi connectivity index (χ0) is 21.3. The van der Waals surface area contributed by atoms with Gasteiger partial charge in [-0.25, -0.2) is 4.79 Å². The summed E-state index contributed by atoms with van der Waals surface area (Å²) in [6, 6.07) is 4.58. The second-order valence-electron chi connectivity index (χ2n) is 6.58. The average molecular weight is 436 g/mol. The van der Waals surface area contributed by atoms with Crippen molar-refractivity contribution in [3.8, 4) is 0 Å². The van der Waals surface area contributed by atoms with E-state index in [9.17, 15) is 9.59 Å². The SMILES string of the molecule is Cc1nn(Cc2c(Cl)cccc2Cl)c(C)c1NC(=O)C(C)n1cc(C(=O)O)cn1. The molecule has 0 spiro atoms. The molecule has 0 saturated heterocycles. The molecule has 152 valence electrons. The number of aromatic carboxylic acids is 1. The number of hydrogen-bond donors (Lipinski definition) is 2. The van der Waals surface area contributed by atoms with Crippen LogP contribution < -0.4 is 5.32 Å². The van der Waals surface area contributed by atoms with Crippen LogP contribution in [0.1, 0.15) is 40.3 Å². The van der Waals surface area contributed by atoms with Gasteiger partial charge in [0.15, 0.2) is 0 Å². The molecule has 1 unspecified atom stereocenters. The van der Waals surface area contributed by atoms with Gasteiger partial charge in [-0.2, -0.15) is 10.2 Å². The van der Waals surface area contributed by atoms with Gasteiger partial charge >= 0.3 is 5.97 Å². The lowest BCUT2D eigenvalue weighted by Crippen LogP contribution is -2.24. The first kappa shape index (κ1) is 20.9. The number of carbonyl (C=O) groups is 2. The Kier molecular flexibility index (Phi) is 5.95. The summed E-state index contributed by atoms with van der Waals surface area (Å²) in [4.78, 5) is 23.7. The summed E-state index contributed by atoms with van der Waals surface area (Å²) in [5, 5.41) is 21.4. The van der Waals surface area contributed by atoms with E-state index in [1.807, 2.05) is 6.92 Å². The van der Waals surface area contributed by atoms with Crippen LogP contribution >= 0.6 is 23.2 Å². The molecule has 0 aliphatic heterocycles. The molecule has 3 rings (SSSR count). The van der Waals surface area contributed by atoms with Crippen molar-refractivity contribution < 1.29 is 14.7 Å². The van der Waals surface area contributed by atoms with Crippen LogP contribution in [0.15, 0.2) is 30.6 Å². The Bertz CT molecular complexity index is 1070. The minimum absolute atomic E-state index is 0.0152. The molecule has 29 heavy (non-hydrogen) atoms. The summed E-state index contributed by atoms with van der Waals surface area (Å²) in [5.41, 5.74) is 2.71. The topological polar surface area (TPSA) is 102 Å². The average Bonchev–Trinajstić information content (AvgIpc) is 3.25. The summed E-state index contributed by atoms with van der Waals surface area (Å²) in [6.45, 7) is 5.61. The van der Waals surface area contributed by atoms with Gasteiger partial charge in [-0.1, -0.05) is 29.3 Å². The van der Waals surface area contributed by atoms with E-state index >= 15 is 0 Å². The van der Waals surface area contributed by atoms with Crippen molar-refractivity contribution in [3.63, 3.8) is 0 Å². The number of aromatic nitrogens is 4. The van der Waals surface area contributed by atoms with Gasteiger partial charge in [-0.3, -0.25) is 14.2 Å². The molecule has 2 aromatic heterocycles. The Labute approximate surface area is 177 Å². The summed E-state index contributed by atoms with van der Waals surface area (Å²) in [6.07, 6.45) is 2.52. The molecule has 0 aliphatic rings. The van der Waals surface area contributed by atoms with Crippen molar-refractivity contribution in [2.75, 3.05) is 5.32 Å². The van der Waals surface area contributed by atoms with E-state index in [2.05, 4.69) is 15.5 Å². The monoisotopic (exact) mass is 435 g/mol. The summed E-state index contributed by atoms with van der Waals surface area (Å²) >= 11 is 12.5. The van der Waals surface area contributed by atoms with Gasteiger partial charge in [-0.05, 0) is 32.9 Å². The molecule has 0 bridgehead atoms. The smallest absolute Gasteiger partial charge is 0.338 e. The van der Waals surface area contributed by atoms with Crippen molar-refractivity contribution in [1.29, 1.82) is 0 Å². The molecule has 2 heterocycles. The summed E-state index contributed by atoms with van der Waals surface area (Å²) in [7, 11) is 0. The number of carboxylic acids is 1. The second-order valence-corrected chi connectivity index (χ2v) is 7.40. The van der Waals surface area contributed by atoms with Crippen molar-refractivity contribution in [1.82, 2.24) is 19.6 Å². The van der Waals surface area contributed by atoms with Gasteiger partial charge in [-0.15, -0.1) is 0 Å². The quantitative estimate of drug-likeness (QED) is 0.609. The van der Waals surface area contributed by atoms with Crippen LogP contribution in [0.3, 0.4) is 0 Å². The van der Waals surface area contributed by atoms with E-state index in [4.69, 9.17) is 28.3 Å². The van der Waals surface area contributed by atoms with Crippen LogP contribution in [0.25, 0.3) is 0 Å². The fourth-order valence-corrected chi connectivity index (χ4v) is 3.39. The molecule has 1 atom stereocenters. The maximum absolute atomic E-state index is 12.7. The molecule has 1 amide bonds. The van der Waals surface area contributed by atoms with Gasteiger partial charge in [0.05, 0.1) is 35.4 Å². The lowest BCUT2D eigenvalue weighted by molar-refractivity contribution is -0.119. The van der Waals surface area contributed by atoms with Crippen molar-refractivity contribution >= 4 is 40.8 Å². The van der Waals surface area contributed by atoms with E-state index < -0.39 is 12.0 Å². The third-order valence-corrected chi connectivity index (χ3v) is 5.33. The van der Waals surface area contributed by atoms with E-state index in [1.54, 1.807) is 36.7 Å². The van der Waals surface area contributed by atoms with Crippen LogP contribution in [-0.2, 0) is 11.3 Å². The van der Waals surface area contributed by atoms with Crippen molar-refractivity contribution in [3.05, 3.63) is 63.2 Å². The van der Waals surface area contributed by atoms with Gasteiger partial charge < -0.3 is 10.4 Å². The van der Waals surface area contributed by atoms with Crippen molar-refractivity contribution in [2.24, 2.45) is 0 Å². The second kappa shape index (κ2) is 8.26. The number of benzene rings is 1. The number of hydrogen-bond acceptors (Lipinski definition) is 4. The number of nitrogens with zero attached hydrogens (tertiary/aromatic N) is 4. The minimum atomic E-state index is -1.10. The minimum Gasteiger partial charge on any atom is -0.478 e. The number of carboxylic acid groups (broad SMARTS) is 1. The standard InChI is InChI=1S/C19H19Cl2N5O3/c1-10-17(23-18(27)12(3)25-8-13(7-22-25)19(28)29)11(2)26(24-10)9-14-15(20)5-4-6-16(14)21/h4-8,12H,9H2,1-3H3,(H,23,27)(H,28,29). The van der Waals surface area contributed by atoms with E-state index in [-0.39, 0.29) is 11.5 Å². The molecule has 10 heteroatoms. The number of aryl methyl sites for hydroxylation is 1. The summed E-state index contributed by atoms with van der Waals surface area (Å²) in [5.74, 6) is -1.44. The predicted octanol–water partition coefficient (Wildman–Crippen LogP) is 3.95. The predicted molar refractivity (Wildman–Crippen MR) is 110 cm³/mol. The first-order valence-electron chi connectivity index (χ1n) is 8.74. The lowest BCUT2D eigenvalue weighted by Gasteiger charge is -2.13. The third kappa shape index (κ3) is 4.28. The Hall–Kier alpha value is -2.84. The molecule has 0 radical (unpaired) electrons. The third-order valence-electron chi connectivity index (χ3n) is 4.62. The molecule has 3 aromatic rings. The van der Waals surface area contributed by atoms with Gasteiger partial charge in [0.2, 0.25) is 5.91 Å². The van der Waals surface area contributed by atoms with Gasteiger partial charge in [0.25, 0.3) is 0 Å². The zero-order valence-corrected chi connectivity index (χ0v) is 17.5. The Morgan fingerprint density at radius 1 is 1.24 bits per heavy atom. The number of carbonyl (C=O) groups excluding carboxylic acids is 1. The van der Waals surface area contributed by atoms with E-state index in [0.717, 1.165) is 11.3 Å². The van der Waals surface area contributed by atoms with E-state index in [0.29, 0.717) is 28.0 Å². The maximum Gasteiger partial charge on any atom is 0.338 e. The number of anilines is 1. The van der Waals surface area contributed by atoms with Crippen LogP contribution in [0, 0.1) is 13.8 Å². The lowest BCUT2D eigenvalue weighted by atomic mass is 10.2. The molecular formula is C19H19Cl2N5O3. The van der Waals surface area contributed by atoms with Gasteiger partial charge in [0, 0.05) is 21.8 Å². The number of nitrogens with one attached hydrogen (secondary N) is 1. The van der Waals surface area contributed by atoms with Crippen molar-refractivity contribution in [2.45, 2.75) is 33.4 Å². The molecular weight excluding hydrogens is 417 g/mol. The Morgan fingerprint density at radius 2 is 1.90 bits per heavy atom. The molecule has 0 fully saturated rings. The normalized spacial score (nSPS) is 12.0. The van der Waals surface area contributed by atoms with Crippen LogP contribution in [0.2, 0.25) is 10.0 Å².